The number of anilines is 3. The van der Waals surface area contributed by atoms with Crippen LogP contribution < -0.4 is 10.2 Å². The van der Waals surface area contributed by atoms with Crippen LogP contribution >= 0.6 is 0 Å². The minimum atomic E-state index is 0.344. The Balaban J connectivity index is 2.55. The lowest BCUT2D eigenvalue weighted by Gasteiger charge is -2.25. The molecular weight excluding hydrogens is 260 g/mol. The van der Waals surface area contributed by atoms with E-state index in [1.54, 1.807) is 6.33 Å². The highest BCUT2D eigenvalue weighted by atomic mass is 15.2. The van der Waals surface area contributed by atoms with Gasteiger partial charge in [0, 0.05) is 25.3 Å². The zero-order valence-corrected chi connectivity index (χ0v) is 13.7. The van der Waals surface area contributed by atoms with Crippen LogP contribution in [-0.2, 0) is 0 Å². The molecule has 0 unspecified atom stereocenters. The van der Waals surface area contributed by atoms with E-state index in [1.807, 2.05) is 7.05 Å². The zero-order chi connectivity index (χ0) is 15.6. The van der Waals surface area contributed by atoms with Crippen molar-refractivity contribution in [2.24, 2.45) is 0 Å². The molecule has 21 heavy (non-hydrogen) atoms. The van der Waals surface area contributed by atoms with E-state index in [0.717, 1.165) is 17.2 Å². The third-order valence-corrected chi connectivity index (χ3v) is 3.71. The molecule has 0 aliphatic heterocycles. The number of benzene rings is 1. The van der Waals surface area contributed by atoms with Gasteiger partial charge in [0.1, 0.15) is 18.0 Å². The first kappa shape index (κ1) is 15.3. The van der Waals surface area contributed by atoms with Crippen LogP contribution in [0.25, 0.3) is 0 Å². The summed E-state index contributed by atoms with van der Waals surface area (Å²) < 4.78 is 0. The summed E-state index contributed by atoms with van der Waals surface area (Å²) in [6.45, 7) is 8.58. The predicted octanol–water partition coefficient (Wildman–Crippen LogP) is 4.03. The highest BCUT2D eigenvalue weighted by Gasteiger charge is 2.19. The lowest BCUT2D eigenvalue weighted by molar-refractivity contribution is 0.841. The van der Waals surface area contributed by atoms with Gasteiger partial charge in [0.25, 0.3) is 0 Å². The Labute approximate surface area is 127 Å². The SMILES string of the molecule is CNc1ncnc(N(C)c2ccc(C)cc2C)c1C(C)C. The van der Waals surface area contributed by atoms with E-state index in [-0.39, 0.29) is 0 Å². The normalized spacial score (nSPS) is 10.8. The van der Waals surface area contributed by atoms with Gasteiger partial charge in [-0.2, -0.15) is 0 Å². The number of aryl methyl sites for hydroxylation is 2. The molecule has 2 aromatic rings. The largest absolute Gasteiger partial charge is 0.373 e. The van der Waals surface area contributed by atoms with Gasteiger partial charge in [-0.15, -0.1) is 0 Å². The molecule has 0 aliphatic carbocycles. The van der Waals surface area contributed by atoms with Gasteiger partial charge < -0.3 is 10.2 Å². The van der Waals surface area contributed by atoms with Crippen LogP contribution in [0.2, 0.25) is 0 Å². The van der Waals surface area contributed by atoms with Crippen LogP contribution in [0.1, 0.15) is 36.5 Å². The summed E-state index contributed by atoms with van der Waals surface area (Å²) in [6.07, 6.45) is 1.62. The van der Waals surface area contributed by atoms with Gasteiger partial charge in [0.2, 0.25) is 0 Å². The summed E-state index contributed by atoms with van der Waals surface area (Å²) in [7, 11) is 3.96. The molecule has 0 fully saturated rings. The standard InChI is InChI=1S/C17H24N4/c1-11(2)15-16(18-5)19-10-20-17(15)21(6)14-8-7-12(3)9-13(14)4/h7-11H,1-6H3,(H,18,19,20). The highest BCUT2D eigenvalue weighted by Crippen LogP contribution is 2.34. The second-order valence-corrected chi connectivity index (χ2v) is 5.71. The quantitative estimate of drug-likeness (QED) is 0.920. The molecule has 1 aromatic carbocycles. The maximum atomic E-state index is 4.52. The topological polar surface area (TPSA) is 41.1 Å². The van der Waals surface area contributed by atoms with Crippen molar-refractivity contribution in [1.29, 1.82) is 0 Å². The van der Waals surface area contributed by atoms with E-state index in [9.17, 15) is 0 Å². The van der Waals surface area contributed by atoms with Crippen molar-refractivity contribution in [1.82, 2.24) is 9.97 Å². The van der Waals surface area contributed by atoms with Crippen LogP contribution in [0.3, 0.4) is 0 Å². The van der Waals surface area contributed by atoms with Crippen molar-refractivity contribution in [2.75, 3.05) is 24.3 Å². The van der Waals surface area contributed by atoms with Gasteiger partial charge in [-0.3, -0.25) is 0 Å². The van der Waals surface area contributed by atoms with Crippen molar-refractivity contribution in [3.05, 3.63) is 41.2 Å². The van der Waals surface area contributed by atoms with E-state index in [4.69, 9.17) is 0 Å². The second kappa shape index (κ2) is 6.12. The van der Waals surface area contributed by atoms with E-state index in [0.29, 0.717) is 5.92 Å². The maximum absolute atomic E-state index is 4.52. The van der Waals surface area contributed by atoms with Crippen LogP contribution in [0, 0.1) is 13.8 Å². The van der Waals surface area contributed by atoms with Gasteiger partial charge in [-0.05, 0) is 31.4 Å². The molecule has 1 heterocycles. The second-order valence-electron chi connectivity index (χ2n) is 5.71. The lowest BCUT2D eigenvalue weighted by atomic mass is 10.0. The van der Waals surface area contributed by atoms with E-state index in [1.165, 1.54) is 16.8 Å². The predicted molar refractivity (Wildman–Crippen MR) is 89.6 cm³/mol. The average molecular weight is 284 g/mol. The molecule has 1 aromatic heterocycles. The Morgan fingerprint density at radius 3 is 2.43 bits per heavy atom. The molecule has 112 valence electrons. The molecule has 0 spiro atoms. The number of hydrogen-bond donors (Lipinski definition) is 1. The first-order chi connectivity index (χ1) is 9.95. The van der Waals surface area contributed by atoms with Crippen LogP contribution in [0.15, 0.2) is 24.5 Å². The Hall–Kier alpha value is -2.10. The van der Waals surface area contributed by atoms with Crippen molar-refractivity contribution in [3.8, 4) is 0 Å². The van der Waals surface area contributed by atoms with Crippen molar-refractivity contribution in [3.63, 3.8) is 0 Å². The molecule has 0 saturated heterocycles. The summed E-state index contributed by atoms with van der Waals surface area (Å²) in [5.74, 6) is 2.19. The number of nitrogens with one attached hydrogen (secondary N) is 1. The third-order valence-electron chi connectivity index (χ3n) is 3.71. The smallest absolute Gasteiger partial charge is 0.141 e. The fourth-order valence-electron chi connectivity index (χ4n) is 2.68. The molecule has 1 N–H and O–H groups in total. The minimum absolute atomic E-state index is 0.344. The maximum Gasteiger partial charge on any atom is 0.141 e. The Bertz CT molecular complexity index is 635. The molecule has 2 rings (SSSR count). The Kier molecular flexibility index (Phi) is 4.46. The molecule has 0 atom stereocenters. The van der Waals surface area contributed by atoms with Gasteiger partial charge in [0.05, 0.1) is 0 Å². The van der Waals surface area contributed by atoms with Crippen LogP contribution in [-0.4, -0.2) is 24.1 Å². The van der Waals surface area contributed by atoms with Crippen molar-refractivity contribution in [2.45, 2.75) is 33.6 Å². The zero-order valence-electron chi connectivity index (χ0n) is 13.7. The summed E-state index contributed by atoms with van der Waals surface area (Å²) >= 11 is 0. The minimum Gasteiger partial charge on any atom is -0.373 e. The first-order valence-electron chi connectivity index (χ1n) is 7.29. The van der Waals surface area contributed by atoms with E-state index >= 15 is 0 Å². The summed E-state index contributed by atoms with van der Waals surface area (Å²) in [5.41, 5.74) is 4.83. The average Bonchev–Trinajstić information content (AvgIpc) is 2.45. The first-order valence-corrected chi connectivity index (χ1v) is 7.29. The Morgan fingerprint density at radius 2 is 1.86 bits per heavy atom. The van der Waals surface area contributed by atoms with E-state index < -0.39 is 0 Å². The number of hydrogen-bond acceptors (Lipinski definition) is 4. The van der Waals surface area contributed by atoms with Gasteiger partial charge in [-0.25, -0.2) is 9.97 Å². The monoisotopic (exact) mass is 284 g/mol. The van der Waals surface area contributed by atoms with Crippen LogP contribution in [0.4, 0.5) is 17.3 Å². The van der Waals surface area contributed by atoms with Gasteiger partial charge in [-0.1, -0.05) is 31.5 Å². The Morgan fingerprint density at radius 1 is 1.14 bits per heavy atom. The van der Waals surface area contributed by atoms with Gasteiger partial charge in [0.15, 0.2) is 0 Å². The fourth-order valence-corrected chi connectivity index (χ4v) is 2.68. The molecule has 0 amide bonds. The summed E-state index contributed by atoms with van der Waals surface area (Å²) in [6, 6.07) is 6.48. The highest BCUT2D eigenvalue weighted by molar-refractivity contribution is 5.69. The number of aromatic nitrogens is 2. The van der Waals surface area contributed by atoms with Crippen molar-refractivity contribution >= 4 is 17.3 Å². The third kappa shape index (κ3) is 2.99. The molecule has 4 heteroatoms. The molecule has 0 bridgehead atoms. The van der Waals surface area contributed by atoms with E-state index in [2.05, 4.69) is 73.1 Å². The van der Waals surface area contributed by atoms with Crippen molar-refractivity contribution < 1.29 is 0 Å². The molecule has 4 nitrogen and oxygen atoms in total. The number of nitrogens with zero attached hydrogens (tertiary/aromatic N) is 3. The lowest BCUT2D eigenvalue weighted by Crippen LogP contribution is -2.17. The van der Waals surface area contributed by atoms with Crippen LogP contribution in [0.5, 0.6) is 0 Å². The fraction of sp³-hybridized carbons (Fsp3) is 0.412. The summed E-state index contributed by atoms with van der Waals surface area (Å²) in [5, 5.41) is 3.17. The molecule has 0 radical (unpaired) electrons. The molecule has 0 aliphatic rings. The number of rotatable bonds is 4. The molecule has 0 saturated carbocycles. The molecular formula is C17H24N4. The van der Waals surface area contributed by atoms with Gasteiger partial charge >= 0.3 is 0 Å². The summed E-state index contributed by atoms with van der Waals surface area (Å²) in [4.78, 5) is 11.0.